The fourth-order valence-corrected chi connectivity index (χ4v) is 3.52. The largest absolute Gasteiger partial charge is 0.355 e. The molecule has 112 valence electrons. The Morgan fingerprint density at radius 3 is 2.82 bits per heavy atom. The van der Waals surface area contributed by atoms with Crippen LogP contribution in [0.5, 0.6) is 0 Å². The summed E-state index contributed by atoms with van der Waals surface area (Å²) in [6.45, 7) is 0. The molecule has 0 aliphatic heterocycles. The van der Waals surface area contributed by atoms with Crippen molar-refractivity contribution in [3.05, 3.63) is 42.2 Å². The minimum Gasteiger partial charge on any atom is -0.355 e. The second kappa shape index (κ2) is 6.33. The highest BCUT2D eigenvalue weighted by Gasteiger charge is 2.07. The quantitative estimate of drug-likeness (QED) is 0.717. The monoisotopic (exact) mass is 330 g/mol. The highest BCUT2D eigenvalue weighted by molar-refractivity contribution is 8.00. The number of aromatic nitrogens is 2. The zero-order chi connectivity index (χ0) is 15.5. The Balaban J connectivity index is 1.87. The summed E-state index contributed by atoms with van der Waals surface area (Å²) in [7, 11) is 1.59. The molecule has 0 saturated heterocycles. The van der Waals surface area contributed by atoms with Crippen LogP contribution < -0.4 is 10.6 Å². The molecule has 3 rings (SSSR count). The molecule has 1 aromatic carbocycles. The molecule has 0 saturated carbocycles. The van der Waals surface area contributed by atoms with Gasteiger partial charge in [0.05, 0.1) is 10.2 Å². The van der Waals surface area contributed by atoms with E-state index >= 15 is 0 Å². The van der Waals surface area contributed by atoms with Gasteiger partial charge >= 0.3 is 0 Å². The second-order valence-electron chi connectivity index (χ2n) is 4.50. The number of pyridine rings is 1. The molecule has 0 bridgehead atoms. The van der Waals surface area contributed by atoms with Crippen molar-refractivity contribution in [2.45, 2.75) is 4.34 Å². The lowest BCUT2D eigenvalue weighted by molar-refractivity contribution is 0.0958. The van der Waals surface area contributed by atoms with Crippen molar-refractivity contribution in [2.24, 2.45) is 0 Å². The number of thiazole rings is 1. The SMILES string of the molecule is CNC(=O)c1cc(Nc2ccc3nc(SC)sc3c2)ccn1. The van der Waals surface area contributed by atoms with Crippen molar-refractivity contribution < 1.29 is 4.79 Å². The number of anilines is 2. The molecule has 2 heterocycles. The molecule has 5 nitrogen and oxygen atoms in total. The Labute approximate surface area is 136 Å². The van der Waals surface area contributed by atoms with Crippen LogP contribution in [0.1, 0.15) is 10.5 Å². The highest BCUT2D eigenvalue weighted by atomic mass is 32.2. The van der Waals surface area contributed by atoms with E-state index < -0.39 is 0 Å². The molecule has 0 aliphatic carbocycles. The van der Waals surface area contributed by atoms with Crippen LogP contribution in [-0.2, 0) is 0 Å². The molecule has 7 heteroatoms. The molecule has 0 unspecified atom stereocenters. The van der Waals surface area contributed by atoms with Crippen LogP contribution in [-0.4, -0.2) is 29.2 Å². The zero-order valence-electron chi connectivity index (χ0n) is 12.1. The van der Waals surface area contributed by atoms with Crippen molar-refractivity contribution in [3.63, 3.8) is 0 Å². The summed E-state index contributed by atoms with van der Waals surface area (Å²) in [4.78, 5) is 20.2. The summed E-state index contributed by atoms with van der Waals surface area (Å²) >= 11 is 3.32. The van der Waals surface area contributed by atoms with Crippen molar-refractivity contribution in [1.29, 1.82) is 0 Å². The second-order valence-corrected chi connectivity index (χ2v) is 6.58. The Hall–Kier alpha value is -2.12. The predicted molar refractivity (Wildman–Crippen MR) is 92.3 cm³/mol. The van der Waals surface area contributed by atoms with Gasteiger partial charge in [-0.3, -0.25) is 9.78 Å². The van der Waals surface area contributed by atoms with E-state index in [4.69, 9.17) is 0 Å². The number of carbonyl (C=O) groups is 1. The average Bonchev–Trinajstić information content (AvgIpc) is 2.96. The zero-order valence-corrected chi connectivity index (χ0v) is 13.7. The maximum atomic E-state index is 11.6. The number of hydrogen-bond acceptors (Lipinski definition) is 6. The van der Waals surface area contributed by atoms with Gasteiger partial charge in [-0.05, 0) is 36.6 Å². The molecule has 0 atom stereocenters. The van der Waals surface area contributed by atoms with Crippen LogP contribution in [0, 0.1) is 0 Å². The molecule has 3 aromatic rings. The topological polar surface area (TPSA) is 66.9 Å². The Kier molecular flexibility index (Phi) is 4.26. The molecule has 0 aliphatic rings. The summed E-state index contributed by atoms with van der Waals surface area (Å²) in [5.74, 6) is -0.203. The van der Waals surface area contributed by atoms with Crippen LogP contribution >= 0.6 is 23.1 Å². The van der Waals surface area contributed by atoms with E-state index in [1.54, 1.807) is 42.4 Å². The third kappa shape index (κ3) is 3.05. The number of carbonyl (C=O) groups excluding carboxylic acids is 1. The van der Waals surface area contributed by atoms with Gasteiger partial charge in [0.2, 0.25) is 0 Å². The lowest BCUT2D eigenvalue weighted by atomic mass is 10.2. The van der Waals surface area contributed by atoms with Crippen LogP contribution in [0.3, 0.4) is 0 Å². The van der Waals surface area contributed by atoms with Crippen molar-refractivity contribution in [3.8, 4) is 0 Å². The van der Waals surface area contributed by atoms with E-state index in [1.165, 1.54) is 0 Å². The van der Waals surface area contributed by atoms with Crippen molar-refractivity contribution in [1.82, 2.24) is 15.3 Å². The summed E-state index contributed by atoms with van der Waals surface area (Å²) in [6.07, 6.45) is 3.64. The molecular formula is C15H14N4OS2. The fraction of sp³-hybridized carbons (Fsp3) is 0.133. The smallest absolute Gasteiger partial charge is 0.269 e. The van der Waals surface area contributed by atoms with Gasteiger partial charge in [0.25, 0.3) is 5.91 Å². The van der Waals surface area contributed by atoms with E-state index in [9.17, 15) is 4.79 Å². The van der Waals surface area contributed by atoms with Gasteiger partial charge in [0, 0.05) is 24.6 Å². The number of thioether (sulfide) groups is 1. The Morgan fingerprint density at radius 2 is 2.05 bits per heavy atom. The molecule has 2 aromatic heterocycles. The normalized spacial score (nSPS) is 10.6. The number of benzene rings is 1. The number of amides is 1. The van der Waals surface area contributed by atoms with Gasteiger partial charge in [0.15, 0.2) is 4.34 Å². The summed E-state index contributed by atoms with van der Waals surface area (Å²) < 4.78 is 2.19. The minimum atomic E-state index is -0.203. The first-order chi connectivity index (χ1) is 10.7. The third-order valence-corrected chi connectivity index (χ3v) is 5.06. The first-order valence-corrected chi connectivity index (χ1v) is 8.63. The summed E-state index contributed by atoms with van der Waals surface area (Å²) in [5.41, 5.74) is 3.16. The maximum absolute atomic E-state index is 11.6. The summed E-state index contributed by atoms with van der Waals surface area (Å²) in [6, 6.07) is 9.59. The predicted octanol–water partition coefficient (Wildman–Crippen LogP) is 3.52. The maximum Gasteiger partial charge on any atom is 0.269 e. The molecule has 2 N–H and O–H groups in total. The van der Waals surface area contributed by atoms with Gasteiger partial charge in [-0.1, -0.05) is 11.8 Å². The van der Waals surface area contributed by atoms with Crippen molar-refractivity contribution >= 4 is 50.6 Å². The lowest BCUT2D eigenvalue weighted by Crippen LogP contribution is -2.19. The average molecular weight is 330 g/mol. The third-order valence-electron chi connectivity index (χ3n) is 3.05. The lowest BCUT2D eigenvalue weighted by Gasteiger charge is -2.07. The first-order valence-electron chi connectivity index (χ1n) is 6.59. The molecule has 0 radical (unpaired) electrons. The molecule has 0 spiro atoms. The van der Waals surface area contributed by atoms with Crippen LogP contribution in [0.25, 0.3) is 10.2 Å². The number of fused-ring (bicyclic) bond motifs is 1. The van der Waals surface area contributed by atoms with Crippen molar-refractivity contribution in [2.75, 3.05) is 18.6 Å². The van der Waals surface area contributed by atoms with Crippen LogP contribution in [0.2, 0.25) is 0 Å². The van der Waals surface area contributed by atoms with Gasteiger partial charge < -0.3 is 10.6 Å². The molecule has 22 heavy (non-hydrogen) atoms. The fourth-order valence-electron chi connectivity index (χ4n) is 2.00. The molecule has 1 amide bonds. The van der Waals surface area contributed by atoms with E-state index in [-0.39, 0.29) is 5.91 Å². The van der Waals surface area contributed by atoms with Gasteiger partial charge in [-0.15, -0.1) is 11.3 Å². The molecule has 0 fully saturated rings. The Morgan fingerprint density at radius 1 is 1.23 bits per heavy atom. The summed E-state index contributed by atoms with van der Waals surface area (Å²) in [5, 5.41) is 5.86. The number of nitrogens with one attached hydrogen (secondary N) is 2. The minimum absolute atomic E-state index is 0.203. The van der Waals surface area contributed by atoms with E-state index in [2.05, 4.69) is 26.7 Å². The number of nitrogens with zero attached hydrogens (tertiary/aromatic N) is 2. The van der Waals surface area contributed by atoms with Gasteiger partial charge in [-0.25, -0.2) is 4.98 Å². The van der Waals surface area contributed by atoms with E-state index in [1.807, 2.05) is 24.5 Å². The van der Waals surface area contributed by atoms with E-state index in [0.29, 0.717) is 5.69 Å². The first kappa shape index (κ1) is 14.8. The van der Waals surface area contributed by atoms with Crippen LogP contribution in [0.15, 0.2) is 40.9 Å². The number of hydrogen-bond donors (Lipinski definition) is 2. The van der Waals surface area contributed by atoms with E-state index in [0.717, 1.165) is 25.9 Å². The van der Waals surface area contributed by atoms with Gasteiger partial charge in [0.1, 0.15) is 5.69 Å². The molecular weight excluding hydrogens is 316 g/mol. The number of rotatable bonds is 4. The highest BCUT2D eigenvalue weighted by Crippen LogP contribution is 2.30. The standard InChI is InChI=1S/C15H14N4OS2/c1-16-14(20)12-7-10(5-6-17-12)18-9-3-4-11-13(8-9)22-15(19-11)21-2/h3-8H,1-2H3,(H,16,20)(H,17,18). The Bertz CT molecular complexity index is 831. The van der Waals surface area contributed by atoms with Crippen LogP contribution in [0.4, 0.5) is 11.4 Å². The van der Waals surface area contributed by atoms with Gasteiger partial charge in [-0.2, -0.15) is 0 Å².